The first-order chi connectivity index (χ1) is 14.7. The minimum atomic E-state index is 0.119. The van der Waals surface area contributed by atoms with Crippen LogP contribution in [0.15, 0.2) is 24.3 Å². The van der Waals surface area contributed by atoms with E-state index >= 15 is 0 Å². The lowest BCUT2D eigenvalue weighted by molar-refractivity contribution is -0.121. The Morgan fingerprint density at radius 2 is 1.52 bits per heavy atom. The topological polar surface area (TPSA) is 61.4 Å². The number of carbonyl (C=O) groups excluding carboxylic acids is 2. The van der Waals surface area contributed by atoms with Crippen molar-refractivity contribution in [2.75, 3.05) is 31.5 Å². The first kappa shape index (κ1) is 31.5. The number of nitrogens with zero attached hydrogens (tertiary/aromatic N) is 1. The highest BCUT2D eigenvalue weighted by atomic mass is 16.1. The molecule has 2 N–H and O–H groups in total. The predicted molar refractivity (Wildman–Crippen MR) is 136 cm³/mol. The molecule has 0 unspecified atom stereocenters. The molecule has 5 nitrogen and oxygen atoms in total. The van der Waals surface area contributed by atoms with Crippen LogP contribution in [-0.2, 0) is 16.0 Å². The number of benzene rings is 1. The molecule has 0 bridgehead atoms. The number of hydrogen-bond acceptors (Lipinski definition) is 5. The fraction of sp³-hybridized carbons (Fsp3) is 0.692. The average Bonchev–Trinajstić information content (AvgIpc) is 2.71. The second-order valence-electron chi connectivity index (χ2n) is 7.94. The van der Waals surface area contributed by atoms with E-state index in [4.69, 9.17) is 0 Å². The quantitative estimate of drug-likeness (QED) is 0.558. The molecule has 0 aliphatic carbocycles. The smallest absolute Gasteiger partial charge is 0.143 e. The van der Waals surface area contributed by atoms with Gasteiger partial charge < -0.3 is 10.6 Å². The molecule has 0 aromatic heterocycles. The molecular weight excluding hydrogens is 386 g/mol. The first-order valence-corrected chi connectivity index (χ1v) is 12.0. The van der Waals surface area contributed by atoms with Gasteiger partial charge in [0, 0.05) is 43.2 Å². The van der Waals surface area contributed by atoms with Crippen molar-refractivity contribution in [2.45, 2.75) is 87.7 Å². The number of hydrogen-bond donors (Lipinski definition) is 2. The van der Waals surface area contributed by atoms with Gasteiger partial charge in [-0.1, -0.05) is 60.6 Å². The molecule has 1 aliphatic heterocycles. The maximum Gasteiger partial charge on any atom is 0.143 e. The number of anilines is 1. The lowest BCUT2D eigenvalue weighted by atomic mass is 10.0. The third kappa shape index (κ3) is 15.7. The second kappa shape index (κ2) is 19.0. The molecule has 1 heterocycles. The summed E-state index contributed by atoms with van der Waals surface area (Å²) >= 11 is 0. The lowest BCUT2D eigenvalue weighted by Crippen LogP contribution is -2.58. The summed E-state index contributed by atoms with van der Waals surface area (Å²) in [5, 5.41) is 6.66. The number of rotatable bonds is 9. The molecular formula is C26H49N3O2. The first-order valence-electron chi connectivity index (χ1n) is 12.0. The molecule has 0 spiro atoms. The Morgan fingerprint density at radius 3 is 1.90 bits per heavy atom. The summed E-state index contributed by atoms with van der Waals surface area (Å²) in [4.78, 5) is 24.4. The van der Waals surface area contributed by atoms with Gasteiger partial charge in [0.15, 0.2) is 0 Å². The minimum Gasteiger partial charge on any atom is -0.383 e. The van der Waals surface area contributed by atoms with Gasteiger partial charge in [0.05, 0.1) is 6.54 Å². The van der Waals surface area contributed by atoms with Crippen LogP contribution < -0.4 is 10.6 Å². The van der Waals surface area contributed by atoms with Crippen LogP contribution in [-0.4, -0.2) is 54.7 Å². The average molecular weight is 436 g/mol. The fourth-order valence-electron chi connectivity index (χ4n) is 2.89. The number of ketones is 2. The number of nitrogens with one attached hydrogen (secondary N) is 2. The molecule has 0 amide bonds. The molecule has 1 fully saturated rings. The number of likely N-dealkylation sites (N-methyl/N-ethyl adjacent to an activating group) is 1. The van der Waals surface area contributed by atoms with Crippen LogP contribution in [0.3, 0.4) is 0 Å². The highest BCUT2D eigenvalue weighted by Crippen LogP contribution is 2.12. The van der Waals surface area contributed by atoms with Crippen LogP contribution in [0.2, 0.25) is 0 Å². The third-order valence-electron chi connectivity index (χ3n) is 4.33. The van der Waals surface area contributed by atoms with Gasteiger partial charge in [0.2, 0.25) is 0 Å². The molecule has 0 atom stereocenters. The molecule has 31 heavy (non-hydrogen) atoms. The predicted octanol–water partition coefficient (Wildman–Crippen LogP) is 5.20. The Hall–Kier alpha value is -1.72. The summed E-state index contributed by atoms with van der Waals surface area (Å²) in [7, 11) is 0. The molecule has 1 aliphatic rings. The van der Waals surface area contributed by atoms with Crippen molar-refractivity contribution in [3.63, 3.8) is 0 Å². The van der Waals surface area contributed by atoms with Crippen LogP contribution in [0.4, 0.5) is 5.69 Å². The fourth-order valence-corrected chi connectivity index (χ4v) is 2.89. The number of carbonyl (C=O) groups is 2. The molecule has 1 saturated heterocycles. The Balaban J connectivity index is 0. The standard InChI is InChI=1S/C14H21NO.C8H16N2O.2C2H6/c1-10(2)14(16)9-12-5-7-13(8-6-12)15-11(3)4;1-3-9-8-5-10(6-8)4-7(2)11;2*1-2/h5-8,10-11,15H,9H2,1-4H3;8-9H,3-6H2,1-2H3;2*1-2H3. The summed E-state index contributed by atoms with van der Waals surface area (Å²) in [6.45, 7) is 23.6. The van der Waals surface area contributed by atoms with E-state index in [1.165, 1.54) is 0 Å². The van der Waals surface area contributed by atoms with Crippen LogP contribution >= 0.6 is 0 Å². The Morgan fingerprint density at radius 1 is 1.00 bits per heavy atom. The Bertz CT molecular complexity index is 577. The van der Waals surface area contributed by atoms with Gasteiger partial charge in [-0.25, -0.2) is 0 Å². The van der Waals surface area contributed by atoms with Crippen molar-refractivity contribution in [2.24, 2.45) is 5.92 Å². The van der Waals surface area contributed by atoms with Crippen LogP contribution in [0.1, 0.15) is 74.8 Å². The molecule has 0 radical (unpaired) electrons. The highest BCUT2D eigenvalue weighted by molar-refractivity contribution is 5.82. The van der Waals surface area contributed by atoms with Gasteiger partial charge in [-0.05, 0) is 45.0 Å². The normalized spacial score (nSPS) is 13.0. The molecule has 5 heteroatoms. The van der Waals surface area contributed by atoms with E-state index in [1.54, 1.807) is 6.92 Å². The monoisotopic (exact) mass is 435 g/mol. The summed E-state index contributed by atoms with van der Waals surface area (Å²) in [5.74, 6) is 0.679. The van der Waals surface area contributed by atoms with Crippen molar-refractivity contribution in [1.29, 1.82) is 0 Å². The zero-order valence-electron chi connectivity index (χ0n) is 21.8. The van der Waals surface area contributed by atoms with E-state index in [1.807, 2.05) is 65.8 Å². The lowest BCUT2D eigenvalue weighted by Gasteiger charge is -2.38. The molecule has 2 rings (SSSR count). The van der Waals surface area contributed by atoms with E-state index in [9.17, 15) is 9.59 Å². The highest BCUT2D eigenvalue weighted by Gasteiger charge is 2.25. The van der Waals surface area contributed by atoms with Gasteiger partial charge in [-0.15, -0.1) is 0 Å². The number of likely N-dealkylation sites (tertiary alicyclic amines) is 1. The van der Waals surface area contributed by atoms with Gasteiger partial charge in [0.1, 0.15) is 11.6 Å². The largest absolute Gasteiger partial charge is 0.383 e. The molecule has 0 saturated carbocycles. The van der Waals surface area contributed by atoms with Gasteiger partial charge >= 0.3 is 0 Å². The van der Waals surface area contributed by atoms with Crippen molar-refractivity contribution in [3.8, 4) is 0 Å². The molecule has 180 valence electrons. The van der Waals surface area contributed by atoms with Gasteiger partial charge in [0.25, 0.3) is 0 Å². The van der Waals surface area contributed by atoms with E-state index in [-0.39, 0.29) is 11.7 Å². The zero-order valence-corrected chi connectivity index (χ0v) is 21.8. The molecule has 1 aromatic carbocycles. The van der Waals surface area contributed by atoms with E-state index in [0.29, 0.717) is 30.8 Å². The summed E-state index contributed by atoms with van der Waals surface area (Å²) in [5.41, 5.74) is 2.20. The minimum absolute atomic E-state index is 0.119. The van der Waals surface area contributed by atoms with Gasteiger partial charge in [-0.3, -0.25) is 14.5 Å². The SMILES string of the molecule is CC.CC.CC(C)Nc1ccc(CC(=O)C(C)C)cc1.CCNC1CN(CC(C)=O)C1. The Labute approximate surface area is 192 Å². The van der Waals surface area contributed by atoms with Crippen LogP contribution in [0.5, 0.6) is 0 Å². The van der Waals surface area contributed by atoms with E-state index in [0.717, 1.165) is 30.9 Å². The van der Waals surface area contributed by atoms with Crippen molar-refractivity contribution in [3.05, 3.63) is 29.8 Å². The van der Waals surface area contributed by atoms with Crippen LogP contribution in [0, 0.1) is 5.92 Å². The van der Waals surface area contributed by atoms with Crippen LogP contribution in [0.25, 0.3) is 0 Å². The van der Waals surface area contributed by atoms with Crippen molar-refractivity contribution >= 4 is 17.3 Å². The third-order valence-corrected chi connectivity index (χ3v) is 4.33. The maximum absolute atomic E-state index is 11.6. The van der Waals surface area contributed by atoms with E-state index < -0.39 is 0 Å². The summed E-state index contributed by atoms with van der Waals surface area (Å²) in [6.07, 6.45) is 0.541. The second-order valence-corrected chi connectivity index (χ2v) is 7.94. The van der Waals surface area contributed by atoms with Crippen molar-refractivity contribution < 1.29 is 9.59 Å². The number of Topliss-reactive ketones (excluding diaryl/α,β-unsaturated/α-hetero) is 2. The summed E-state index contributed by atoms with van der Waals surface area (Å²) in [6, 6.07) is 9.16. The molecule has 1 aromatic rings. The Kier molecular flexibility index (Phi) is 19.3. The van der Waals surface area contributed by atoms with Crippen molar-refractivity contribution in [1.82, 2.24) is 10.2 Å². The maximum atomic E-state index is 11.6. The van der Waals surface area contributed by atoms with E-state index in [2.05, 4.69) is 36.3 Å². The van der Waals surface area contributed by atoms with Gasteiger partial charge in [-0.2, -0.15) is 0 Å². The zero-order chi connectivity index (χ0) is 24.4. The summed E-state index contributed by atoms with van der Waals surface area (Å²) < 4.78 is 0.